The van der Waals surface area contributed by atoms with E-state index in [2.05, 4.69) is 25.9 Å². The highest BCUT2D eigenvalue weighted by molar-refractivity contribution is 5.04. The Morgan fingerprint density at radius 3 is 2.82 bits per heavy atom. The number of methoxy groups -OCH3 is 1. The van der Waals surface area contributed by atoms with Gasteiger partial charge >= 0.3 is 0 Å². The molecule has 3 nitrogen and oxygen atoms in total. The molecule has 0 heterocycles. The second-order valence-corrected chi connectivity index (χ2v) is 5.50. The number of hydrazine groups is 1. The lowest BCUT2D eigenvalue weighted by Crippen LogP contribution is -2.56. The maximum absolute atomic E-state index is 5.86. The largest absolute Gasteiger partial charge is 0.377 e. The fraction of sp³-hybridized carbons (Fsp3) is 0.857. The Morgan fingerprint density at radius 1 is 1.65 bits per heavy atom. The van der Waals surface area contributed by atoms with E-state index in [0.717, 1.165) is 31.6 Å². The highest BCUT2D eigenvalue weighted by atomic mass is 16.5. The molecular formula is C14H28N2O. The van der Waals surface area contributed by atoms with Crippen molar-refractivity contribution in [3.63, 3.8) is 0 Å². The molecule has 3 unspecified atom stereocenters. The summed E-state index contributed by atoms with van der Waals surface area (Å²) in [7, 11) is 1.82. The number of hydrogen-bond acceptors (Lipinski definition) is 3. The second kappa shape index (κ2) is 6.53. The Balaban J connectivity index is 2.77. The molecule has 0 radical (unpaired) electrons. The zero-order valence-corrected chi connectivity index (χ0v) is 11.6. The maximum Gasteiger partial charge on any atom is 0.0850 e. The molecule has 17 heavy (non-hydrogen) atoms. The summed E-state index contributed by atoms with van der Waals surface area (Å²) in [5.74, 6) is 6.46. The first kappa shape index (κ1) is 14.7. The summed E-state index contributed by atoms with van der Waals surface area (Å²) in [6.45, 7) is 8.53. The molecule has 1 aliphatic rings. The van der Waals surface area contributed by atoms with E-state index in [1.807, 2.05) is 7.11 Å². The smallest absolute Gasteiger partial charge is 0.0850 e. The molecule has 1 aliphatic carbocycles. The minimum atomic E-state index is -0.107. The zero-order valence-electron chi connectivity index (χ0n) is 11.6. The second-order valence-electron chi connectivity index (χ2n) is 5.50. The number of nitrogens with two attached hydrogens (primary N) is 1. The van der Waals surface area contributed by atoms with E-state index in [9.17, 15) is 0 Å². The summed E-state index contributed by atoms with van der Waals surface area (Å²) in [6.07, 6.45) is 6.64. The van der Waals surface area contributed by atoms with Crippen molar-refractivity contribution in [3.8, 4) is 0 Å². The molecule has 0 bridgehead atoms. The van der Waals surface area contributed by atoms with Gasteiger partial charge in [0, 0.05) is 7.11 Å². The van der Waals surface area contributed by atoms with Gasteiger partial charge < -0.3 is 4.74 Å². The monoisotopic (exact) mass is 240 g/mol. The summed E-state index contributed by atoms with van der Waals surface area (Å²) in [6, 6.07) is 0.183. The van der Waals surface area contributed by atoms with Gasteiger partial charge in [0.25, 0.3) is 0 Å². The quantitative estimate of drug-likeness (QED) is 0.426. The summed E-state index contributed by atoms with van der Waals surface area (Å²) in [5, 5.41) is 0. The van der Waals surface area contributed by atoms with Crippen molar-refractivity contribution >= 4 is 0 Å². The summed E-state index contributed by atoms with van der Waals surface area (Å²) < 4.78 is 5.86. The Labute approximate surface area is 106 Å². The Hall–Kier alpha value is -0.380. The zero-order chi connectivity index (χ0) is 12.9. The molecule has 0 aromatic heterocycles. The van der Waals surface area contributed by atoms with E-state index in [0.29, 0.717) is 0 Å². The normalized spacial score (nSPS) is 31.2. The Kier molecular flexibility index (Phi) is 5.63. The van der Waals surface area contributed by atoms with E-state index >= 15 is 0 Å². The summed E-state index contributed by atoms with van der Waals surface area (Å²) in [5.41, 5.74) is 4.10. The van der Waals surface area contributed by atoms with Crippen LogP contribution in [-0.2, 0) is 4.74 Å². The van der Waals surface area contributed by atoms with Crippen molar-refractivity contribution in [3.05, 3.63) is 12.2 Å². The molecule has 0 aromatic rings. The van der Waals surface area contributed by atoms with Crippen molar-refractivity contribution in [1.82, 2.24) is 5.43 Å². The van der Waals surface area contributed by atoms with Gasteiger partial charge in [-0.15, -0.1) is 0 Å². The van der Waals surface area contributed by atoms with Crippen LogP contribution in [0.15, 0.2) is 12.2 Å². The van der Waals surface area contributed by atoms with Gasteiger partial charge in [-0.3, -0.25) is 11.3 Å². The van der Waals surface area contributed by atoms with E-state index in [1.54, 1.807) is 0 Å². The van der Waals surface area contributed by atoms with E-state index in [-0.39, 0.29) is 11.6 Å². The van der Waals surface area contributed by atoms with Gasteiger partial charge in [-0.1, -0.05) is 38.8 Å². The highest BCUT2D eigenvalue weighted by Crippen LogP contribution is 2.38. The lowest BCUT2D eigenvalue weighted by Gasteiger charge is -2.44. The van der Waals surface area contributed by atoms with Gasteiger partial charge in [0.2, 0.25) is 0 Å². The summed E-state index contributed by atoms with van der Waals surface area (Å²) in [4.78, 5) is 0. The first-order chi connectivity index (χ1) is 8.07. The lowest BCUT2D eigenvalue weighted by atomic mass is 9.73. The van der Waals surface area contributed by atoms with Crippen LogP contribution in [0, 0.1) is 5.92 Å². The van der Waals surface area contributed by atoms with Gasteiger partial charge in [0.15, 0.2) is 0 Å². The van der Waals surface area contributed by atoms with Crippen LogP contribution in [0.5, 0.6) is 0 Å². The van der Waals surface area contributed by atoms with Crippen molar-refractivity contribution in [2.24, 2.45) is 11.8 Å². The Morgan fingerprint density at radius 2 is 2.35 bits per heavy atom. The first-order valence-corrected chi connectivity index (χ1v) is 6.76. The van der Waals surface area contributed by atoms with Crippen molar-refractivity contribution in [2.75, 3.05) is 7.11 Å². The maximum atomic E-state index is 5.86. The highest BCUT2D eigenvalue weighted by Gasteiger charge is 2.41. The standard InChI is InChI=1S/C14H28N2O/c1-5-11(2)9-13(16-15)14(17-4)8-6-7-12(3)10-14/h12-13,16H,2,5-10,15H2,1,3-4H3. The molecule has 0 spiro atoms. The third-order valence-corrected chi connectivity index (χ3v) is 4.23. The Bertz CT molecular complexity index is 255. The first-order valence-electron chi connectivity index (χ1n) is 6.76. The van der Waals surface area contributed by atoms with Gasteiger partial charge in [0.1, 0.15) is 0 Å². The van der Waals surface area contributed by atoms with Gasteiger partial charge in [-0.05, 0) is 31.6 Å². The van der Waals surface area contributed by atoms with Crippen LogP contribution in [0.3, 0.4) is 0 Å². The molecule has 3 N–H and O–H groups in total. The molecule has 1 rings (SSSR count). The fourth-order valence-corrected chi connectivity index (χ4v) is 3.02. The molecule has 1 fully saturated rings. The molecule has 0 amide bonds. The third-order valence-electron chi connectivity index (χ3n) is 4.23. The molecule has 100 valence electrons. The minimum Gasteiger partial charge on any atom is -0.377 e. The average Bonchev–Trinajstić information content (AvgIpc) is 2.35. The number of rotatable bonds is 6. The number of hydrogen-bond donors (Lipinski definition) is 2. The fourth-order valence-electron chi connectivity index (χ4n) is 3.02. The van der Waals surface area contributed by atoms with Crippen molar-refractivity contribution in [2.45, 2.75) is 64.0 Å². The molecule has 0 aromatic carbocycles. The average molecular weight is 240 g/mol. The molecular weight excluding hydrogens is 212 g/mol. The van der Waals surface area contributed by atoms with Gasteiger partial charge in [-0.2, -0.15) is 0 Å². The van der Waals surface area contributed by atoms with Crippen LogP contribution in [0.1, 0.15) is 52.4 Å². The molecule has 0 saturated heterocycles. The minimum absolute atomic E-state index is 0.107. The predicted octanol–water partition coefficient (Wildman–Crippen LogP) is 2.77. The van der Waals surface area contributed by atoms with Gasteiger partial charge in [-0.25, -0.2) is 0 Å². The molecule has 3 atom stereocenters. The number of nitrogens with one attached hydrogen (secondary N) is 1. The van der Waals surface area contributed by atoms with Crippen LogP contribution in [0.25, 0.3) is 0 Å². The molecule has 0 aliphatic heterocycles. The van der Waals surface area contributed by atoms with E-state index in [1.165, 1.54) is 18.4 Å². The van der Waals surface area contributed by atoms with Crippen LogP contribution in [0.2, 0.25) is 0 Å². The lowest BCUT2D eigenvalue weighted by molar-refractivity contribution is -0.0791. The van der Waals surface area contributed by atoms with Crippen LogP contribution in [0.4, 0.5) is 0 Å². The molecule has 3 heteroatoms. The summed E-state index contributed by atoms with van der Waals surface area (Å²) >= 11 is 0. The van der Waals surface area contributed by atoms with Gasteiger partial charge in [0.05, 0.1) is 11.6 Å². The van der Waals surface area contributed by atoms with Crippen molar-refractivity contribution < 1.29 is 4.74 Å². The topological polar surface area (TPSA) is 47.3 Å². The van der Waals surface area contributed by atoms with Crippen LogP contribution in [-0.4, -0.2) is 18.8 Å². The van der Waals surface area contributed by atoms with E-state index in [4.69, 9.17) is 10.6 Å². The van der Waals surface area contributed by atoms with Crippen LogP contribution >= 0.6 is 0 Å². The van der Waals surface area contributed by atoms with E-state index < -0.39 is 0 Å². The predicted molar refractivity (Wildman–Crippen MR) is 72.5 cm³/mol. The van der Waals surface area contributed by atoms with Crippen molar-refractivity contribution in [1.29, 1.82) is 0 Å². The number of ether oxygens (including phenoxy) is 1. The SMILES string of the molecule is C=C(CC)CC(NN)C1(OC)CCCC(C)C1. The molecule has 1 saturated carbocycles. The third kappa shape index (κ3) is 3.54. The van der Waals surface area contributed by atoms with Crippen LogP contribution < -0.4 is 11.3 Å².